The number of nitrogens with zero attached hydrogens (tertiary/aromatic N) is 1. The van der Waals surface area contributed by atoms with E-state index in [1.807, 2.05) is 0 Å². The zero-order chi connectivity index (χ0) is 15.6. The number of carboxylic acid groups (broad SMARTS) is 1. The fraction of sp³-hybridized carbons (Fsp3) is 0.786. The molecule has 4 unspecified atom stereocenters. The van der Waals surface area contributed by atoms with E-state index in [4.69, 9.17) is 5.11 Å². The van der Waals surface area contributed by atoms with Crippen LogP contribution in [0.25, 0.3) is 0 Å². The van der Waals surface area contributed by atoms with E-state index in [9.17, 15) is 14.4 Å². The summed E-state index contributed by atoms with van der Waals surface area (Å²) in [6.07, 6.45) is 3.06. The van der Waals surface area contributed by atoms with Crippen molar-refractivity contribution in [1.29, 1.82) is 0 Å². The van der Waals surface area contributed by atoms with Gasteiger partial charge in [0.1, 0.15) is 12.6 Å². The number of urea groups is 1. The third kappa shape index (κ3) is 3.28. The van der Waals surface area contributed by atoms with Gasteiger partial charge in [-0.3, -0.25) is 9.69 Å². The SMILES string of the molecule is CCC1CCC(NC(=O)N2CC(=O)NCC2C(=O)O)C1C. The number of nitrogens with one attached hydrogen (secondary N) is 2. The zero-order valence-electron chi connectivity index (χ0n) is 12.5. The topological polar surface area (TPSA) is 98.7 Å². The first-order valence-electron chi connectivity index (χ1n) is 7.50. The fourth-order valence-corrected chi connectivity index (χ4v) is 3.34. The van der Waals surface area contributed by atoms with Gasteiger partial charge >= 0.3 is 12.0 Å². The highest BCUT2D eigenvalue weighted by molar-refractivity contribution is 5.90. The molecule has 3 N–H and O–H groups in total. The average molecular weight is 297 g/mol. The van der Waals surface area contributed by atoms with E-state index in [0.717, 1.165) is 24.2 Å². The second-order valence-electron chi connectivity index (χ2n) is 5.95. The van der Waals surface area contributed by atoms with Crippen LogP contribution in [-0.4, -0.2) is 53.1 Å². The minimum Gasteiger partial charge on any atom is -0.480 e. The maximum atomic E-state index is 12.3. The Hall–Kier alpha value is -1.79. The summed E-state index contributed by atoms with van der Waals surface area (Å²) in [6.45, 7) is 4.00. The molecule has 21 heavy (non-hydrogen) atoms. The van der Waals surface area contributed by atoms with Gasteiger partial charge in [0.2, 0.25) is 5.91 Å². The van der Waals surface area contributed by atoms with Gasteiger partial charge in [0.25, 0.3) is 0 Å². The molecule has 118 valence electrons. The Morgan fingerprint density at radius 1 is 1.43 bits per heavy atom. The van der Waals surface area contributed by atoms with Gasteiger partial charge in [-0.05, 0) is 24.7 Å². The summed E-state index contributed by atoms with van der Waals surface area (Å²) < 4.78 is 0. The first-order valence-corrected chi connectivity index (χ1v) is 7.50. The number of aliphatic carboxylic acids is 1. The van der Waals surface area contributed by atoms with Crippen LogP contribution >= 0.6 is 0 Å². The van der Waals surface area contributed by atoms with Crippen molar-refractivity contribution < 1.29 is 19.5 Å². The van der Waals surface area contributed by atoms with Crippen LogP contribution in [0.15, 0.2) is 0 Å². The smallest absolute Gasteiger partial charge is 0.328 e. The van der Waals surface area contributed by atoms with E-state index >= 15 is 0 Å². The number of hydrogen-bond acceptors (Lipinski definition) is 3. The second-order valence-corrected chi connectivity index (χ2v) is 5.95. The molecule has 1 saturated heterocycles. The van der Waals surface area contributed by atoms with Gasteiger partial charge in [0.15, 0.2) is 0 Å². The Balaban J connectivity index is 2.01. The molecule has 4 atom stereocenters. The van der Waals surface area contributed by atoms with Crippen LogP contribution in [0, 0.1) is 11.8 Å². The van der Waals surface area contributed by atoms with Crippen LogP contribution in [0.4, 0.5) is 4.79 Å². The molecule has 0 radical (unpaired) electrons. The number of hydrogen-bond donors (Lipinski definition) is 3. The number of amides is 3. The molecule has 7 nitrogen and oxygen atoms in total. The Morgan fingerprint density at radius 2 is 2.14 bits per heavy atom. The fourth-order valence-electron chi connectivity index (χ4n) is 3.34. The summed E-state index contributed by atoms with van der Waals surface area (Å²) in [5.41, 5.74) is 0. The molecule has 2 fully saturated rings. The normalized spacial score (nSPS) is 32.7. The predicted molar refractivity (Wildman–Crippen MR) is 75.6 cm³/mol. The Kier molecular flexibility index (Phi) is 4.69. The quantitative estimate of drug-likeness (QED) is 0.702. The first-order chi connectivity index (χ1) is 9.93. The number of piperazine rings is 1. The minimum absolute atomic E-state index is 0.0423. The molecular formula is C14H23N3O4. The van der Waals surface area contributed by atoms with Gasteiger partial charge in [0.05, 0.1) is 0 Å². The van der Waals surface area contributed by atoms with Gasteiger partial charge in [-0.1, -0.05) is 20.3 Å². The van der Waals surface area contributed by atoms with E-state index < -0.39 is 18.0 Å². The van der Waals surface area contributed by atoms with Crippen molar-refractivity contribution >= 4 is 17.9 Å². The van der Waals surface area contributed by atoms with Gasteiger partial charge in [-0.15, -0.1) is 0 Å². The molecule has 1 heterocycles. The summed E-state index contributed by atoms with van der Waals surface area (Å²) in [4.78, 5) is 36.1. The van der Waals surface area contributed by atoms with E-state index in [1.54, 1.807) is 0 Å². The van der Waals surface area contributed by atoms with Crippen molar-refractivity contribution in [2.75, 3.05) is 13.1 Å². The lowest BCUT2D eigenvalue weighted by Gasteiger charge is -2.34. The summed E-state index contributed by atoms with van der Waals surface area (Å²) >= 11 is 0. The lowest BCUT2D eigenvalue weighted by Crippen LogP contribution is -2.62. The molecule has 3 amide bonds. The molecule has 2 rings (SSSR count). The van der Waals surface area contributed by atoms with Gasteiger partial charge in [0, 0.05) is 12.6 Å². The van der Waals surface area contributed by atoms with Crippen LogP contribution in [0.2, 0.25) is 0 Å². The second kappa shape index (κ2) is 6.32. The van der Waals surface area contributed by atoms with Crippen molar-refractivity contribution in [1.82, 2.24) is 15.5 Å². The van der Waals surface area contributed by atoms with E-state index in [1.165, 1.54) is 0 Å². The standard InChI is InChI=1S/C14H23N3O4/c1-3-9-4-5-10(8(9)2)16-14(21)17-7-12(18)15-6-11(17)13(19)20/h8-11H,3-7H2,1-2H3,(H,15,18)(H,16,21)(H,19,20). The Morgan fingerprint density at radius 3 is 2.71 bits per heavy atom. The largest absolute Gasteiger partial charge is 0.480 e. The summed E-state index contributed by atoms with van der Waals surface area (Å²) in [6, 6.07) is -1.39. The lowest BCUT2D eigenvalue weighted by molar-refractivity contribution is -0.144. The highest BCUT2D eigenvalue weighted by Gasteiger charge is 2.38. The van der Waals surface area contributed by atoms with Crippen molar-refractivity contribution in [2.24, 2.45) is 11.8 Å². The average Bonchev–Trinajstić information content (AvgIpc) is 2.79. The van der Waals surface area contributed by atoms with Crippen molar-refractivity contribution in [3.05, 3.63) is 0 Å². The van der Waals surface area contributed by atoms with Crippen molar-refractivity contribution in [2.45, 2.75) is 45.2 Å². The molecule has 0 aromatic rings. The molecule has 0 aromatic carbocycles. The van der Waals surface area contributed by atoms with Gasteiger partial charge < -0.3 is 15.7 Å². The molecule has 7 heteroatoms. The lowest BCUT2D eigenvalue weighted by atomic mass is 9.93. The highest BCUT2D eigenvalue weighted by Crippen LogP contribution is 2.33. The van der Waals surface area contributed by atoms with Crippen LogP contribution in [-0.2, 0) is 9.59 Å². The predicted octanol–water partition coefficient (Wildman–Crippen LogP) is 0.406. The minimum atomic E-state index is -1.10. The summed E-state index contributed by atoms with van der Waals surface area (Å²) in [5.74, 6) is -0.458. The third-order valence-electron chi connectivity index (χ3n) is 4.79. The summed E-state index contributed by atoms with van der Waals surface area (Å²) in [5, 5.41) is 14.6. The number of carbonyl (C=O) groups excluding carboxylic acids is 2. The van der Waals surface area contributed by atoms with Crippen LogP contribution in [0.1, 0.15) is 33.1 Å². The summed E-state index contributed by atoms with van der Waals surface area (Å²) in [7, 11) is 0. The monoisotopic (exact) mass is 297 g/mol. The number of rotatable bonds is 3. The van der Waals surface area contributed by atoms with E-state index in [0.29, 0.717) is 11.8 Å². The highest BCUT2D eigenvalue weighted by atomic mass is 16.4. The molecule has 0 bridgehead atoms. The van der Waals surface area contributed by atoms with Gasteiger partial charge in [-0.25, -0.2) is 9.59 Å². The number of carboxylic acids is 1. The zero-order valence-corrected chi connectivity index (χ0v) is 12.5. The van der Waals surface area contributed by atoms with Gasteiger partial charge in [-0.2, -0.15) is 0 Å². The Labute approximate surface area is 124 Å². The third-order valence-corrected chi connectivity index (χ3v) is 4.79. The van der Waals surface area contributed by atoms with Crippen molar-refractivity contribution in [3.8, 4) is 0 Å². The Bertz CT molecular complexity index is 440. The van der Waals surface area contributed by atoms with Crippen LogP contribution < -0.4 is 10.6 Å². The molecule has 0 spiro atoms. The van der Waals surface area contributed by atoms with Crippen LogP contribution in [0.5, 0.6) is 0 Å². The molecular weight excluding hydrogens is 274 g/mol. The maximum Gasteiger partial charge on any atom is 0.328 e. The molecule has 1 saturated carbocycles. The van der Waals surface area contributed by atoms with E-state index in [2.05, 4.69) is 24.5 Å². The molecule has 2 aliphatic rings. The first kappa shape index (κ1) is 15.6. The maximum absolute atomic E-state index is 12.3. The molecule has 1 aliphatic carbocycles. The molecule has 1 aliphatic heterocycles. The van der Waals surface area contributed by atoms with E-state index in [-0.39, 0.29) is 25.0 Å². The van der Waals surface area contributed by atoms with Crippen molar-refractivity contribution in [3.63, 3.8) is 0 Å². The molecule has 0 aromatic heterocycles. The van der Waals surface area contributed by atoms with Crippen LogP contribution in [0.3, 0.4) is 0 Å². The number of carbonyl (C=O) groups is 3.